The lowest BCUT2D eigenvalue weighted by Crippen LogP contribution is -2.06. The standard InChI is InChI=1S/C12H9ClN2O4/c1-7(16)19-10-6-15(14-11(10)12(17)18)9-4-2-8(13)3-5-9/h2-6H,1H3,(H,17,18). The predicted octanol–water partition coefficient (Wildman–Crippen LogP) is 2.15. The quantitative estimate of drug-likeness (QED) is 0.871. The number of aromatic carboxylic acids is 1. The van der Waals surface area contributed by atoms with Gasteiger partial charge in [0.1, 0.15) is 0 Å². The van der Waals surface area contributed by atoms with Crippen LogP contribution in [-0.4, -0.2) is 26.8 Å². The largest absolute Gasteiger partial charge is 0.476 e. The third-order valence-corrected chi connectivity index (χ3v) is 2.48. The summed E-state index contributed by atoms with van der Waals surface area (Å²) in [5.41, 5.74) is 0.274. The molecule has 0 aliphatic carbocycles. The normalized spacial score (nSPS) is 10.2. The van der Waals surface area contributed by atoms with E-state index in [0.29, 0.717) is 10.7 Å². The molecule has 1 heterocycles. The van der Waals surface area contributed by atoms with Gasteiger partial charge in [-0.1, -0.05) is 11.6 Å². The van der Waals surface area contributed by atoms with Gasteiger partial charge in [-0.25, -0.2) is 9.48 Å². The Labute approximate surface area is 113 Å². The van der Waals surface area contributed by atoms with Crippen molar-refractivity contribution >= 4 is 23.5 Å². The third-order valence-electron chi connectivity index (χ3n) is 2.23. The predicted molar refractivity (Wildman–Crippen MR) is 66.8 cm³/mol. The summed E-state index contributed by atoms with van der Waals surface area (Å²) < 4.78 is 6.11. The molecule has 19 heavy (non-hydrogen) atoms. The van der Waals surface area contributed by atoms with E-state index in [1.807, 2.05) is 0 Å². The minimum Gasteiger partial charge on any atom is -0.476 e. The van der Waals surface area contributed by atoms with Gasteiger partial charge >= 0.3 is 11.9 Å². The average molecular weight is 281 g/mol. The molecule has 6 nitrogen and oxygen atoms in total. The molecule has 7 heteroatoms. The number of carboxylic acid groups (broad SMARTS) is 1. The molecule has 0 spiro atoms. The molecule has 1 aromatic heterocycles. The molecule has 0 aliphatic rings. The number of esters is 1. The highest BCUT2D eigenvalue weighted by molar-refractivity contribution is 6.30. The van der Waals surface area contributed by atoms with Gasteiger partial charge in [0.25, 0.3) is 0 Å². The van der Waals surface area contributed by atoms with Crippen LogP contribution in [0, 0.1) is 0 Å². The molecule has 0 amide bonds. The van der Waals surface area contributed by atoms with Crippen molar-refractivity contribution in [1.82, 2.24) is 9.78 Å². The van der Waals surface area contributed by atoms with Gasteiger partial charge in [-0.2, -0.15) is 5.10 Å². The molecule has 2 aromatic rings. The van der Waals surface area contributed by atoms with Crippen molar-refractivity contribution in [3.05, 3.63) is 41.2 Å². The molecule has 0 atom stereocenters. The van der Waals surface area contributed by atoms with Gasteiger partial charge in [-0.05, 0) is 24.3 Å². The smallest absolute Gasteiger partial charge is 0.360 e. The first-order chi connectivity index (χ1) is 8.97. The van der Waals surface area contributed by atoms with Gasteiger partial charge in [0.15, 0.2) is 5.75 Å². The van der Waals surface area contributed by atoms with E-state index in [4.69, 9.17) is 21.4 Å². The van der Waals surface area contributed by atoms with Crippen LogP contribution in [0.5, 0.6) is 5.75 Å². The highest BCUT2D eigenvalue weighted by atomic mass is 35.5. The average Bonchev–Trinajstić information content (AvgIpc) is 2.73. The summed E-state index contributed by atoms with van der Waals surface area (Å²) in [4.78, 5) is 21.9. The summed E-state index contributed by atoms with van der Waals surface area (Å²) >= 11 is 5.76. The Morgan fingerprint density at radius 3 is 2.47 bits per heavy atom. The number of ether oxygens (including phenoxy) is 1. The Hall–Kier alpha value is -2.34. The lowest BCUT2D eigenvalue weighted by molar-refractivity contribution is -0.131. The Balaban J connectivity index is 2.45. The van der Waals surface area contributed by atoms with Crippen LogP contribution in [0.4, 0.5) is 0 Å². The van der Waals surface area contributed by atoms with E-state index in [2.05, 4.69) is 5.10 Å². The fourth-order valence-corrected chi connectivity index (χ4v) is 1.59. The van der Waals surface area contributed by atoms with Gasteiger partial charge in [-0.15, -0.1) is 0 Å². The van der Waals surface area contributed by atoms with Crippen molar-refractivity contribution in [3.63, 3.8) is 0 Å². The molecule has 1 N–H and O–H groups in total. The summed E-state index contributed by atoms with van der Waals surface area (Å²) in [7, 11) is 0. The van der Waals surface area contributed by atoms with Crippen LogP contribution in [0.25, 0.3) is 5.69 Å². The van der Waals surface area contributed by atoms with E-state index in [9.17, 15) is 9.59 Å². The summed E-state index contributed by atoms with van der Waals surface area (Å²) in [6, 6.07) is 6.62. The van der Waals surface area contributed by atoms with Crippen molar-refractivity contribution in [2.45, 2.75) is 6.92 Å². The number of halogens is 1. The van der Waals surface area contributed by atoms with E-state index in [-0.39, 0.29) is 11.4 Å². The molecule has 0 aliphatic heterocycles. The van der Waals surface area contributed by atoms with Crippen molar-refractivity contribution in [1.29, 1.82) is 0 Å². The van der Waals surface area contributed by atoms with Gasteiger partial charge in [0, 0.05) is 11.9 Å². The maximum atomic E-state index is 11.0. The number of rotatable bonds is 3. The highest BCUT2D eigenvalue weighted by Crippen LogP contribution is 2.21. The zero-order valence-corrected chi connectivity index (χ0v) is 10.6. The van der Waals surface area contributed by atoms with Crippen LogP contribution < -0.4 is 4.74 Å². The first-order valence-electron chi connectivity index (χ1n) is 5.24. The van der Waals surface area contributed by atoms with E-state index in [1.165, 1.54) is 17.8 Å². The molecule has 0 unspecified atom stereocenters. The minimum absolute atomic E-state index is 0.102. The molecule has 98 valence electrons. The van der Waals surface area contributed by atoms with E-state index < -0.39 is 11.9 Å². The molecule has 0 saturated carbocycles. The first-order valence-corrected chi connectivity index (χ1v) is 5.62. The number of nitrogens with zero attached hydrogens (tertiary/aromatic N) is 2. The molecule has 0 saturated heterocycles. The van der Waals surface area contributed by atoms with Gasteiger partial charge in [0.2, 0.25) is 5.69 Å². The number of carboxylic acids is 1. The maximum absolute atomic E-state index is 11.0. The Morgan fingerprint density at radius 1 is 1.32 bits per heavy atom. The molecule has 2 rings (SSSR count). The fraction of sp³-hybridized carbons (Fsp3) is 0.0833. The molecule has 0 bridgehead atoms. The number of aromatic nitrogens is 2. The van der Waals surface area contributed by atoms with Crippen molar-refractivity contribution in [2.24, 2.45) is 0 Å². The summed E-state index contributed by atoms with van der Waals surface area (Å²) in [5, 5.41) is 13.4. The SMILES string of the molecule is CC(=O)Oc1cn(-c2ccc(Cl)cc2)nc1C(=O)O. The number of hydrogen-bond acceptors (Lipinski definition) is 4. The third kappa shape index (κ3) is 2.92. The Bertz CT molecular complexity index is 634. The second-order valence-corrected chi connectivity index (χ2v) is 4.10. The van der Waals surface area contributed by atoms with Crippen LogP contribution >= 0.6 is 11.6 Å². The molecule has 0 radical (unpaired) electrons. The van der Waals surface area contributed by atoms with Crippen LogP contribution in [0.1, 0.15) is 17.4 Å². The van der Waals surface area contributed by atoms with Crippen LogP contribution in [0.2, 0.25) is 5.02 Å². The van der Waals surface area contributed by atoms with Crippen LogP contribution in [0.15, 0.2) is 30.5 Å². The second kappa shape index (κ2) is 5.11. The molecular formula is C12H9ClN2O4. The van der Waals surface area contributed by atoms with Crippen molar-refractivity contribution < 1.29 is 19.4 Å². The summed E-state index contributed by atoms with van der Waals surface area (Å²) in [6.45, 7) is 1.19. The maximum Gasteiger partial charge on any atom is 0.360 e. The topological polar surface area (TPSA) is 81.4 Å². The van der Waals surface area contributed by atoms with Gasteiger partial charge in [-0.3, -0.25) is 4.79 Å². The zero-order valence-electron chi connectivity index (χ0n) is 9.83. The number of carbonyl (C=O) groups is 2. The lowest BCUT2D eigenvalue weighted by atomic mass is 10.3. The van der Waals surface area contributed by atoms with Gasteiger partial charge < -0.3 is 9.84 Å². The monoisotopic (exact) mass is 280 g/mol. The van der Waals surface area contributed by atoms with Crippen LogP contribution in [0.3, 0.4) is 0 Å². The zero-order chi connectivity index (χ0) is 14.0. The first kappa shape index (κ1) is 13.1. The van der Waals surface area contributed by atoms with Gasteiger partial charge in [0.05, 0.1) is 11.9 Å². The molecule has 0 fully saturated rings. The summed E-state index contributed by atoms with van der Waals surface area (Å²) in [5.74, 6) is -1.99. The van der Waals surface area contributed by atoms with Crippen LogP contribution in [-0.2, 0) is 4.79 Å². The Kier molecular flexibility index (Phi) is 3.52. The number of hydrogen-bond donors (Lipinski definition) is 1. The fourth-order valence-electron chi connectivity index (χ4n) is 1.46. The minimum atomic E-state index is -1.27. The molecule has 1 aromatic carbocycles. The number of carbonyl (C=O) groups excluding carboxylic acids is 1. The lowest BCUT2D eigenvalue weighted by Gasteiger charge is -1.99. The second-order valence-electron chi connectivity index (χ2n) is 3.66. The van der Waals surface area contributed by atoms with E-state index in [1.54, 1.807) is 24.3 Å². The summed E-state index contributed by atoms with van der Waals surface area (Å²) in [6.07, 6.45) is 1.33. The Morgan fingerprint density at radius 2 is 1.95 bits per heavy atom. The van der Waals surface area contributed by atoms with E-state index >= 15 is 0 Å². The van der Waals surface area contributed by atoms with Crippen molar-refractivity contribution in [2.75, 3.05) is 0 Å². The van der Waals surface area contributed by atoms with Crippen molar-refractivity contribution in [3.8, 4) is 11.4 Å². The number of benzene rings is 1. The highest BCUT2D eigenvalue weighted by Gasteiger charge is 2.19. The molecular weight excluding hydrogens is 272 g/mol. The van der Waals surface area contributed by atoms with E-state index in [0.717, 1.165) is 0 Å².